The monoisotopic (exact) mass is 445 g/mol. The highest BCUT2D eigenvalue weighted by atomic mass is 32.2. The van der Waals surface area contributed by atoms with Gasteiger partial charge in [-0.15, -0.1) is 0 Å². The normalized spacial score (nSPS) is 14.9. The maximum atomic E-state index is 12.7. The maximum Gasteiger partial charge on any atom is 0.220 e. The summed E-state index contributed by atoms with van der Waals surface area (Å²) in [4.78, 5) is 14.2. The van der Waals surface area contributed by atoms with Crippen molar-refractivity contribution in [3.05, 3.63) is 60.2 Å². The number of ether oxygens (including phenoxy) is 1. The van der Waals surface area contributed by atoms with Crippen LogP contribution < -0.4 is 15.0 Å². The molecule has 0 aliphatic carbocycles. The zero-order valence-corrected chi connectivity index (χ0v) is 18.8. The molecule has 2 aromatic carbocycles. The minimum Gasteiger partial charge on any atom is -0.495 e. The van der Waals surface area contributed by atoms with Crippen LogP contribution in [0, 0.1) is 0 Å². The van der Waals surface area contributed by atoms with Gasteiger partial charge in [0.2, 0.25) is 15.9 Å². The van der Waals surface area contributed by atoms with Crippen LogP contribution in [0.3, 0.4) is 0 Å². The zero-order chi connectivity index (χ0) is 22.1. The van der Waals surface area contributed by atoms with Crippen molar-refractivity contribution in [1.29, 1.82) is 0 Å². The van der Waals surface area contributed by atoms with Gasteiger partial charge in [0.15, 0.2) is 0 Å². The second kappa shape index (κ2) is 11.2. The first-order valence-electron chi connectivity index (χ1n) is 10.7. The third-order valence-electron chi connectivity index (χ3n) is 5.45. The lowest BCUT2D eigenvalue weighted by atomic mass is 10.1. The number of hydrogen-bond acceptors (Lipinski definition) is 5. The van der Waals surface area contributed by atoms with Gasteiger partial charge < -0.3 is 15.0 Å². The number of methoxy groups -OCH3 is 1. The molecule has 1 heterocycles. The van der Waals surface area contributed by atoms with Gasteiger partial charge in [0, 0.05) is 39.1 Å². The summed E-state index contributed by atoms with van der Waals surface area (Å²) in [5, 5.41) is 2.74. The molecule has 8 heteroatoms. The highest BCUT2D eigenvalue weighted by Gasteiger charge is 2.27. The fourth-order valence-corrected chi connectivity index (χ4v) is 5.07. The van der Waals surface area contributed by atoms with Crippen molar-refractivity contribution in [3.8, 4) is 5.75 Å². The molecule has 2 aromatic rings. The Morgan fingerprint density at radius 3 is 2.39 bits per heavy atom. The molecule has 3 rings (SSSR count). The molecule has 1 fully saturated rings. The van der Waals surface area contributed by atoms with Crippen molar-refractivity contribution in [2.75, 3.05) is 50.5 Å². The second-order valence-electron chi connectivity index (χ2n) is 7.56. The fraction of sp³-hybridized carbons (Fsp3) is 0.435. The standard InChI is InChI=1S/C23H31N3O4S/c1-30-22-12-6-5-11-21(22)25-15-17-26(18-16-25)31(28,29)19-14-24-23(27)13-7-10-20-8-3-2-4-9-20/h2-6,8-9,11-12H,7,10,13-19H2,1H3,(H,24,27). The quantitative estimate of drug-likeness (QED) is 0.607. The molecule has 1 amide bonds. The number of rotatable bonds is 10. The predicted octanol–water partition coefficient (Wildman–Crippen LogP) is 2.29. The molecule has 0 radical (unpaired) electrons. The number of para-hydroxylation sites is 2. The van der Waals surface area contributed by atoms with E-state index in [2.05, 4.69) is 10.2 Å². The maximum absolute atomic E-state index is 12.7. The van der Waals surface area contributed by atoms with Crippen LogP contribution in [0.2, 0.25) is 0 Å². The van der Waals surface area contributed by atoms with Gasteiger partial charge in [0.05, 0.1) is 18.6 Å². The van der Waals surface area contributed by atoms with Crippen molar-refractivity contribution in [1.82, 2.24) is 9.62 Å². The number of anilines is 1. The molecule has 1 aliphatic rings. The molecule has 7 nitrogen and oxygen atoms in total. The van der Waals surface area contributed by atoms with E-state index in [-0.39, 0.29) is 18.2 Å². The number of hydrogen-bond donors (Lipinski definition) is 1. The van der Waals surface area contributed by atoms with E-state index in [1.165, 1.54) is 9.87 Å². The van der Waals surface area contributed by atoms with E-state index in [4.69, 9.17) is 4.74 Å². The van der Waals surface area contributed by atoms with Crippen molar-refractivity contribution in [2.24, 2.45) is 0 Å². The Morgan fingerprint density at radius 1 is 1.00 bits per heavy atom. The van der Waals surface area contributed by atoms with Crippen molar-refractivity contribution >= 4 is 21.6 Å². The largest absolute Gasteiger partial charge is 0.495 e. The van der Waals surface area contributed by atoms with Gasteiger partial charge in [0.25, 0.3) is 0 Å². The lowest BCUT2D eigenvalue weighted by molar-refractivity contribution is -0.121. The summed E-state index contributed by atoms with van der Waals surface area (Å²) in [5.41, 5.74) is 2.18. The van der Waals surface area contributed by atoms with E-state index in [1.807, 2.05) is 54.6 Å². The Labute approximate surface area is 185 Å². The summed E-state index contributed by atoms with van der Waals surface area (Å²) in [6.07, 6.45) is 1.98. The number of benzene rings is 2. The van der Waals surface area contributed by atoms with Crippen LogP contribution in [0.15, 0.2) is 54.6 Å². The molecule has 168 valence electrons. The van der Waals surface area contributed by atoms with E-state index in [9.17, 15) is 13.2 Å². The minimum atomic E-state index is -3.40. The van der Waals surface area contributed by atoms with E-state index in [0.29, 0.717) is 32.6 Å². The number of piperazine rings is 1. The summed E-state index contributed by atoms with van der Waals surface area (Å²) in [6, 6.07) is 17.8. The Bertz CT molecular complexity index is 942. The first kappa shape index (κ1) is 23.1. The summed E-state index contributed by atoms with van der Waals surface area (Å²) < 4.78 is 32.2. The number of carbonyl (C=O) groups is 1. The Kier molecular flexibility index (Phi) is 8.31. The molecule has 1 N–H and O–H groups in total. The Morgan fingerprint density at radius 2 is 1.68 bits per heavy atom. The minimum absolute atomic E-state index is 0.0773. The molecule has 0 bridgehead atoms. The lowest BCUT2D eigenvalue weighted by Crippen LogP contribution is -2.50. The third-order valence-corrected chi connectivity index (χ3v) is 7.32. The second-order valence-corrected chi connectivity index (χ2v) is 9.65. The molecular formula is C23H31N3O4S. The van der Waals surface area contributed by atoms with Crippen LogP contribution in [-0.2, 0) is 21.2 Å². The smallest absolute Gasteiger partial charge is 0.220 e. The van der Waals surface area contributed by atoms with E-state index >= 15 is 0 Å². The van der Waals surface area contributed by atoms with Crippen molar-refractivity contribution in [3.63, 3.8) is 0 Å². The highest BCUT2D eigenvalue weighted by Crippen LogP contribution is 2.28. The predicted molar refractivity (Wildman–Crippen MR) is 123 cm³/mol. The highest BCUT2D eigenvalue weighted by molar-refractivity contribution is 7.89. The zero-order valence-electron chi connectivity index (χ0n) is 18.0. The van der Waals surface area contributed by atoms with Crippen LogP contribution in [0.4, 0.5) is 5.69 Å². The molecule has 1 aliphatic heterocycles. The van der Waals surface area contributed by atoms with Gasteiger partial charge in [-0.25, -0.2) is 8.42 Å². The SMILES string of the molecule is COc1ccccc1N1CCN(S(=O)(=O)CCNC(=O)CCCc2ccccc2)CC1. The number of sulfonamides is 1. The van der Waals surface area contributed by atoms with Gasteiger partial charge >= 0.3 is 0 Å². The molecule has 0 unspecified atom stereocenters. The van der Waals surface area contributed by atoms with Gasteiger partial charge in [-0.05, 0) is 30.5 Å². The summed E-state index contributed by atoms with van der Waals surface area (Å²) in [5.74, 6) is 0.604. The lowest BCUT2D eigenvalue weighted by Gasteiger charge is -2.36. The number of nitrogens with zero attached hydrogens (tertiary/aromatic N) is 2. The van der Waals surface area contributed by atoms with Crippen LogP contribution >= 0.6 is 0 Å². The summed E-state index contributed by atoms with van der Waals surface area (Å²) in [7, 11) is -1.77. The molecule has 0 spiro atoms. The van der Waals surface area contributed by atoms with E-state index < -0.39 is 10.0 Å². The Hall–Kier alpha value is -2.58. The molecule has 0 saturated carbocycles. The van der Waals surface area contributed by atoms with Gasteiger partial charge in [-0.2, -0.15) is 4.31 Å². The van der Waals surface area contributed by atoms with Crippen molar-refractivity contribution < 1.29 is 17.9 Å². The molecular weight excluding hydrogens is 414 g/mol. The van der Waals surface area contributed by atoms with E-state index in [0.717, 1.165) is 24.3 Å². The number of nitrogens with one attached hydrogen (secondary N) is 1. The number of amides is 1. The van der Waals surface area contributed by atoms with Gasteiger partial charge in [-0.1, -0.05) is 42.5 Å². The van der Waals surface area contributed by atoms with Crippen LogP contribution in [-0.4, -0.2) is 64.2 Å². The van der Waals surface area contributed by atoms with Crippen LogP contribution in [0.25, 0.3) is 0 Å². The average molecular weight is 446 g/mol. The first-order valence-corrected chi connectivity index (χ1v) is 12.3. The first-order chi connectivity index (χ1) is 15.0. The molecule has 0 aromatic heterocycles. The number of aryl methyl sites for hydroxylation is 1. The van der Waals surface area contributed by atoms with Gasteiger partial charge in [0.1, 0.15) is 5.75 Å². The Balaban J connectivity index is 1.38. The average Bonchev–Trinajstić information content (AvgIpc) is 2.80. The van der Waals surface area contributed by atoms with Crippen molar-refractivity contribution in [2.45, 2.75) is 19.3 Å². The number of carbonyl (C=O) groups excluding carboxylic acids is 1. The van der Waals surface area contributed by atoms with Crippen LogP contribution in [0.5, 0.6) is 5.75 Å². The van der Waals surface area contributed by atoms with E-state index in [1.54, 1.807) is 7.11 Å². The van der Waals surface area contributed by atoms with Crippen LogP contribution in [0.1, 0.15) is 18.4 Å². The van der Waals surface area contributed by atoms with Gasteiger partial charge in [-0.3, -0.25) is 4.79 Å². The fourth-order valence-electron chi connectivity index (χ4n) is 3.73. The molecule has 1 saturated heterocycles. The summed E-state index contributed by atoms with van der Waals surface area (Å²) in [6.45, 7) is 2.19. The molecule has 0 atom stereocenters. The summed E-state index contributed by atoms with van der Waals surface area (Å²) >= 11 is 0. The topological polar surface area (TPSA) is 79.0 Å². The molecule has 31 heavy (non-hydrogen) atoms. The third kappa shape index (κ3) is 6.70.